The van der Waals surface area contributed by atoms with Gasteiger partial charge < -0.3 is 9.47 Å². The highest BCUT2D eigenvalue weighted by molar-refractivity contribution is 5.80. The van der Waals surface area contributed by atoms with Crippen molar-refractivity contribution >= 4 is 6.29 Å². The minimum absolute atomic E-state index is 0.354. The van der Waals surface area contributed by atoms with E-state index < -0.39 is 0 Å². The summed E-state index contributed by atoms with van der Waals surface area (Å²) in [7, 11) is 0. The van der Waals surface area contributed by atoms with Gasteiger partial charge in [-0.05, 0) is 18.1 Å². The number of carbonyl (C=O) groups excluding carboxylic acids is 1. The van der Waals surface area contributed by atoms with Crippen LogP contribution in [0, 0.1) is 0 Å². The summed E-state index contributed by atoms with van der Waals surface area (Å²) in [6.07, 6.45) is 4.88. The average molecular weight is 246 g/mol. The van der Waals surface area contributed by atoms with Crippen molar-refractivity contribution in [3.05, 3.63) is 48.6 Å². The van der Waals surface area contributed by atoms with Gasteiger partial charge in [0, 0.05) is 6.07 Å². The first-order valence-corrected chi connectivity index (χ1v) is 5.86. The molecule has 0 aliphatic carbocycles. The lowest BCUT2D eigenvalue weighted by Crippen LogP contribution is -2.02. The van der Waals surface area contributed by atoms with Crippen LogP contribution in [0.3, 0.4) is 0 Å². The van der Waals surface area contributed by atoms with Crippen molar-refractivity contribution in [1.29, 1.82) is 0 Å². The van der Waals surface area contributed by atoms with Crippen LogP contribution in [-0.4, -0.2) is 19.5 Å². The minimum Gasteiger partial charge on any atom is -0.489 e. The van der Waals surface area contributed by atoms with Crippen LogP contribution in [0.2, 0.25) is 0 Å². The molecule has 3 heteroatoms. The van der Waals surface area contributed by atoms with E-state index in [-0.39, 0.29) is 0 Å². The Bertz CT molecular complexity index is 436. The molecule has 0 heterocycles. The normalized spacial score (nSPS) is 9.61. The molecule has 96 valence electrons. The van der Waals surface area contributed by atoms with E-state index in [0.29, 0.717) is 24.5 Å². The Kier molecular flexibility index (Phi) is 5.71. The molecule has 0 atom stereocenters. The van der Waals surface area contributed by atoms with Crippen LogP contribution in [0.5, 0.6) is 11.5 Å². The molecule has 18 heavy (non-hydrogen) atoms. The highest BCUT2D eigenvalue weighted by Crippen LogP contribution is 2.29. The number of hydrogen-bond donors (Lipinski definition) is 0. The summed E-state index contributed by atoms with van der Waals surface area (Å²) in [5.41, 5.74) is 1.50. The number of aryl methyl sites for hydroxylation is 1. The molecule has 0 aliphatic heterocycles. The fourth-order valence-corrected chi connectivity index (χ4v) is 1.55. The van der Waals surface area contributed by atoms with Crippen molar-refractivity contribution in [1.82, 2.24) is 0 Å². The van der Waals surface area contributed by atoms with Crippen molar-refractivity contribution in [2.24, 2.45) is 0 Å². The van der Waals surface area contributed by atoms with E-state index in [9.17, 15) is 4.79 Å². The quantitative estimate of drug-likeness (QED) is 0.522. The number of aldehydes is 1. The molecule has 0 saturated heterocycles. The number of benzene rings is 1. The van der Waals surface area contributed by atoms with Gasteiger partial charge in [0.15, 0.2) is 6.29 Å². The van der Waals surface area contributed by atoms with Gasteiger partial charge in [-0.15, -0.1) is 0 Å². The maximum atomic E-state index is 11.0. The predicted octanol–water partition coefficient (Wildman–Crippen LogP) is 3.19. The fourth-order valence-electron chi connectivity index (χ4n) is 1.55. The largest absolute Gasteiger partial charge is 0.489 e. The predicted molar refractivity (Wildman–Crippen MR) is 72.6 cm³/mol. The zero-order valence-electron chi connectivity index (χ0n) is 10.6. The van der Waals surface area contributed by atoms with E-state index in [2.05, 4.69) is 13.2 Å². The van der Waals surface area contributed by atoms with Gasteiger partial charge in [0.2, 0.25) is 0 Å². The second-order valence-corrected chi connectivity index (χ2v) is 3.67. The lowest BCUT2D eigenvalue weighted by atomic mass is 10.1. The van der Waals surface area contributed by atoms with Gasteiger partial charge in [-0.25, -0.2) is 0 Å². The van der Waals surface area contributed by atoms with Crippen molar-refractivity contribution < 1.29 is 14.3 Å². The molecule has 0 aliphatic rings. The maximum absolute atomic E-state index is 11.0. The summed E-state index contributed by atoms with van der Waals surface area (Å²) in [5, 5.41) is 0. The highest BCUT2D eigenvalue weighted by atomic mass is 16.5. The van der Waals surface area contributed by atoms with Crippen molar-refractivity contribution in [2.75, 3.05) is 13.2 Å². The monoisotopic (exact) mass is 246 g/mol. The molecule has 0 amide bonds. The molecule has 0 bridgehead atoms. The van der Waals surface area contributed by atoms with Crippen molar-refractivity contribution in [3.8, 4) is 11.5 Å². The van der Waals surface area contributed by atoms with Gasteiger partial charge in [-0.3, -0.25) is 4.79 Å². The third-order valence-electron chi connectivity index (χ3n) is 2.41. The summed E-state index contributed by atoms with van der Waals surface area (Å²) in [6.45, 7) is 9.98. The second kappa shape index (κ2) is 7.33. The Balaban J connectivity index is 3.10. The van der Waals surface area contributed by atoms with Gasteiger partial charge in [0.25, 0.3) is 0 Å². The Labute approximate surface area is 108 Å². The van der Waals surface area contributed by atoms with Crippen LogP contribution in [0.15, 0.2) is 37.4 Å². The van der Waals surface area contributed by atoms with Crippen LogP contribution in [0.1, 0.15) is 22.8 Å². The van der Waals surface area contributed by atoms with E-state index >= 15 is 0 Å². The fraction of sp³-hybridized carbons (Fsp3) is 0.267. The molecule has 1 rings (SSSR count). The molecule has 0 N–H and O–H groups in total. The summed E-state index contributed by atoms with van der Waals surface area (Å²) < 4.78 is 11.0. The molecular formula is C15H18O3. The lowest BCUT2D eigenvalue weighted by molar-refractivity contribution is 0.112. The molecule has 1 aromatic carbocycles. The summed E-state index contributed by atoms with van der Waals surface area (Å²) >= 11 is 0. The van der Waals surface area contributed by atoms with Gasteiger partial charge in [0.1, 0.15) is 24.7 Å². The zero-order valence-corrected chi connectivity index (χ0v) is 10.6. The van der Waals surface area contributed by atoms with E-state index in [1.807, 2.05) is 6.92 Å². The molecule has 0 unspecified atom stereocenters. The lowest BCUT2D eigenvalue weighted by Gasteiger charge is -2.13. The first-order chi connectivity index (χ1) is 8.76. The standard InChI is InChI=1S/C15H18O3/c1-4-7-17-14-10-15(18-8-5-2)13(11-16)9-12(14)6-3/h4-5,9-11H,1-2,6-8H2,3H3. The summed E-state index contributed by atoms with van der Waals surface area (Å²) in [4.78, 5) is 11.0. The molecule has 3 nitrogen and oxygen atoms in total. The first kappa shape index (κ1) is 14.0. The van der Waals surface area contributed by atoms with Gasteiger partial charge in [-0.2, -0.15) is 0 Å². The first-order valence-electron chi connectivity index (χ1n) is 5.86. The molecule has 0 fully saturated rings. The van der Waals surface area contributed by atoms with E-state index in [0.717, 1.165) is 24.0 Å². The van der Waals surface area contributed by atoms with E-state index in [1.54, 1.807) is 24.3 Å². The Morgan fingerprint density at radius 1 is 1.11 bits per heavy atom. The smallest absolute Gasteiger partial charge is 0.153 e. The number of hydrogen-bond acceptors (Lipinski definition) is 3. The summed E-state index contributed by atoms with van der Waals surface area (Å²) in [5.74, 6) is 1.24. The van der Waals surface area contributed by atoms with E-state index in [1.165, 1.54) is 0 Å². The third kappa shape index (κ3) is 3.48. The van der Waals surface area contributed by atoms with Crippen LogP contribution >= 0.6 is 0 Å². The summed E-state index contributed by atoms with van der Waals surface area (Å²) in [6, 6.07) is 3.54. The zero-order chi connectivity index (χ0) is 13.4. The van der Waals surface area contributed by atoms with Crippen molar-refractivity contribution in [3.63, 3.8) is 0 Å². The average Bonchev–Trinajstić information content (AvgIpc) is 2.42. The molecule has 0 radical (unpaired) electrons. The molecule has 0 aromatic heterocycles. The Morgan fingerprint density at radius 3 is 2.22 bits per heavy atom. The highest BCUT2D eigenvalue weighted by Gasteiger charge is 2.10. The van der Waals surface area contributed by atoms with Gasteiger partial charge in [-0.1, -0.05) is 32.2 Å². The molecule has 0 saturated carbocycles. The van der Waals surface area contributed by atoms with Crippen LogP contribution in [-0.2, 0) is 6.42 Å². The number of carbonyl (C=O) groups is 1. The third-order valence-corrected chi connectivity index (χ3v) is 2.41. The number of ether oxygens (including phenoxy) is 2. The van der Waals surface area contributed by atoms with Crippen LogP contribution < -0.4 is 9.47 Å². The van der Waals surface area contributed by atoms with E-state index in [4.69, 9.17) is 9.47 Å². The molecule has 1 aromatic rings. The van der Waals surface area contributed by atoms with Crippen LogP contribution in [0.25, 0.3) is 0 Å². The van der Waals surface area contributed by atoms with Gasteiger partial charge in [0.05, 0.1) is 5.56 Å². The molecular weight excluding hydrogens is 228 g/mol. The van der Waals surface area contributed by atoms with Crippen LogP contribution in [0.4, 0.5) is 0 Å². The van der Waals surface area contributed by atoms with Crippen molar-refractivity contribution in [2.45, 2.75) is 13.3 Å². The minimum atomic E-state index is 0.354. The topological polar surface area (TPSA) is 35.5 Å². The Hall–Kier alpha value is -2.03. The second-order valence-electron chi connectivity index (χ2n) is 3.67. The maximum Gasteiger partial charge on any atom is 0.153 e. The number of rotatable bonds is 8. The molecule has 0 spiro atoms. The van der Waals surface area contributed by atoms with Gasteiger partial charge >= 0.3 is 0 Å². The Morgan fingerprint density at radius 2 is 1.72 bits per heavy atom. The SMILES string of the molecule is C=CCOc1cc(OCC=C)c(CC)cc1C=O.